The molecule has 0 atom stereocenters. The van der Waals surface area contributed by atoms with Crippen molar-refractivity contribution in [3.05, 3.63) is 23.9 Å². The third-order valence-corrected chi connectivity index (χ3v) is 4.35. The Hall–Kier alpha value is -1.27. The number of nitrogens with one attached hydrogen (secondary N) is 2. The zero-order valence-corrected chi connectivity index (χ0v) is 13.4. The van der Waals surface area contributed by atoms with Crippen molar-refractivity contribution in [2.45, 2.75) is 13.3 Å². The molecule has 5 nitrogen and oxygen atoms in total. The Labute approximate surface area is 130 Å². The van der Waals surface area contributed by atoms with Crippen LogP contribution in [0.15, 0.2) is 18.3 Å². The van der Waals surface area contributed by atoms with Crippen LogP contribution < -0.4 is 10.6 Å². The van der Waals surface area contributed by atoms with Crippen LogP contribution in [0.25, 0.3) is 0 Å². The highest BCUT2D eigenvalue weighted by molar-refractivity contribution is 7.99. The molecule has 2 N–H and O–H groups in total. The normalized spacial score (nSPS) is 15.7. The minimum absolute atomic E-state index is 0.0481. The number of hydrogen-bond acceptors (Lipinski definition) is 5. The number of nitrogens with zero attached hydrogens (tertiary/aromatic N) is 2. The van der Waals surface area contributed by atoms with Crippen molar-refractivity contribution in [2.75, 3.05) is 49.5 Å². The van der Waals surface area contributed by atoms with E-state index in [9.17, 15) is 4.79 Å². The molecule has 0 aromatic carbocycles. The summed E-state index contributed by atoms with van der Waals surface area (Å²) >= 11 is 2.00. The van der Waals surface area contributed by atoms with E-state index in [0.29, 0.717) is 17.9 Å². The van der Waals surface area contributed by atoms with Gasteiger partial charge in [0.25, 0.3) is 5.91 Å². The predicted octanol–water partition coefficient (Wildman–Crippen LogP) is 1.68. The second-order valence-electron chi connectivity index (χ2n) is 5.04. The van der Waals surface area contributed by atoms with E-state index >= 15 is 0 Å². The molecule has 0 bridgehead atoms. The van der Waals surface area contributed by atoms with Gasteiger partial charge in [-0.1, -0.05) is 6.92 Å². The van der Waals surface area contributed by atoms with Gasteiger partial charge < -0.3 is 10.6 Å². The Balaban J connectivity index is 1.82. The van der Waals surface area contributed by atoms with Crippen molar-refractivity contribution in [3.63, 3.8) is 0 Å². The van der Waals surface area contributed by atoms with E-state index < -0.39 is 0 Å². The van der Waals surface area contributed by atoms with Crippen LogP contribution in [-0.2, 0) is 0 Å². The van der Waals surface area contributed by atoms with Crippen LogP contribution in [0, 0.1) is 0 Å². The first kappa shape index (κ1) is 16.1. The van der Waals surface area contributed by atoms with Crippen LogP contribution in [0.5, 0.6) is 0 Å². The summed E-state index contributed by atoms with van der Waals surface area (Å²) in [5, 5.41) is 6.19. The average molecular weight is 308 g/mol. The Morgan fingerprint density at radius 1 is 1.38 bits per heavy atom. The van der Waals surface area contributed by atoms with Crippen LogP contribution >= 0.6 is 11.8 Å². The maximum atomic E-state index is 12.3. The number of carbonyl (C=O) groups excluding carboxylic acids is 1. The second kappa shape index (κ2) is 8.89. The molecule has 6 heteroatoms. The van der Waals surface area contributed by atoms with E-state index in [0.717, 1.165) is 32.6 Å². The molecule has 116 valence electrons. The molecule has 2 heterocycles. The molecule has 0 unspecified atom stereocenters. The highest BCUT2D eigenvalue weighted by Gasteiger charge is 2.13. The van der Waals surface area contributed by atoms with Crippen molar-refractivity contribution in [2.24, 2.45) is 0 Å². The van der Waals surface area contributed by atoms with E-state index in [-0.39, 0.29) is 5.91 Å². The average Bonchev–Trinajstić information content (AvgIpc) is 2.54. The molecular weight excluding hydrogens is 284 g/mol. The van der Waals surface area contributed by atoms with Gasteiger partial charge in [-0.05, 0) is 18.6 Å². The number of aromatic nitrogens is 1. The fraction of sp³-hybridized carbons (Fsp3) is 0.600. The number of thioether (sulfide) groups is 1. The zero-order valence-electron chi connectivity index (χ0n) is 12.6. The van der Waals surface area contributed by atoms with Crippen LogP contribution in [-0.4, -0.2) is 60.0 Å². The quantitative estimate of drug-likeness (QED) is 0.803. The first-order valence-corrected chi connectivity index (χ1v) is 8.74. The first-order valence-electron chi connectivity index (χ1n) is 7.58. The monoisotopic (exact) mass is 308 g/mol. The van der Waals surface area contributed by atoms with Crippen LogP contribution in [0.1, 0.15) is 23.7 Å². The molecule has 1 saturated heterocycles. The smallest absolute Gasteiger partial charge is 0.255 e. The summed E-state index contributed by atoms with van der Waals surface area (Å²) in [6.45, 7) is 6.76. The molecule has 1 fully saturated rings. The molecule has 0 radical (unpaired) electrons. The summed E-state index contributed by atoms with van der Waals surface area (Å²) in [6.07, 6.45) is 2.71. The van der Waals surface area contributed by atoms with E-state index in [1.54, 1.807) is 12.3 Å². The van der Waals surface area contributed by atoms with Gasteiger partial charge in [-0.2, -0.15) is 11.8 Å². The number of pyridine rings is 1. The Morgan fingerprint density at radius 3 is 2.95 bits per heavy atom. The maximum absolute atomic E-state index is 12.3. The molecule has 1 aromatic rings. The van der Waals surface area contributed by atoms with E-state index in [1.807, 2.05) is 17.8 Å². The fourth-order valence-electron chi connectivity index (χ4n) is 2.22. The minimum Gasteiger partial charge on any atom is -0.369 e. The Morgan fingerprint density at radius 2 is 2.19 bits per heavy atom. The van der Waals surface area contributed by atoms with Crippen LogP contribution in [0.4, 0.5) is 5.82 Å². The lowest BCUT2D eigenvalue weighted by molar-refractivity contribution is 0.0949. The zero-order chi connectivity index (χ0) is 14.9. The second-order valence-corrected chi connectivity index (χ2v) is 6.26. The molecule has 0 spiro atoms. The summed E-state index contributed by atoms with van der Waals surface area (Å²) in [5.74, 6) is 3.02. The fourth-order valence-corrected chi connectivity index (χ4v) is 3.20. The standard InChI is InChI=1S/C15H24N4OS/c1-2-5-16-14-13(4-3-6-17-14)15(20)18-7-8-19-9-11-21-12-10-19/h3-4,6H,2,5,7-12H2,1H3,(H,16,17)(H,18,20). The molecule has 1 aromatic heterocycles. The number of rotatable bonds is 7. The predicted molar refractivity (Wildman–Crippen MR) is 89.1 cm³/mol. The third-order valence-electron chi connectivity index (χ3n) is 3.41. The van der Waals surface area contributed by atoms with Crippen molar-refractivity contribution in [1.82, 2.24) is 15.2 Å². The molecule has 0 aliphatic carbocycles. The summed E-state index contributed by atoms with van der Waals surface area (Å²) < 4.78 is 0. The van der Waals surface area contributed by atoms with Gasteiger partial charge in [-0.3, -0.25) is 9.69 Å². The van der Waals surface area contributed by atoms with Gasteiger partial charge in [-0.15, -0.1) is 0 Å². The van der Waals surface area contributed by atoms with Gasteiger partial charge in [-0.25, -0.2) is 4.98 Å². The van der Waals surface area contributed by atoms with Gasteiger partial charge in [0, 0.05) is 50.4 Å². The van der Waals surface area contributed by atoms with Gasteiger partial charge in [0.2, 0.25) is 0 Å². The first-order chi connectivity index (χ1) is 10.3. The lowest BCUT2D eigenvalue weighted by atomic mass is 10.2. The number of amides is 1. The van der Waals surface area contributed by atoms with Crippen LogP contribution in [0.2, 0.25) is 0 Å². The largest absolute Gasteiger partial charge is 0.369 e. The highest BCUT2D eigenvalue weighted by Crippen LogP contribution is 2.11. The highest BCUT2D eigenvalue weighted by atomic mass is 32.2. The molecule has 0 saturated carbocycles. The molecule has 21 heavy (non-hydrogen) atoms. The van der Waals surface area contributed by atoms with Crippen molar-refractivity contribution < 1.29 is 4.79 Å². The van der Waals surface area contributed by atoms with E-state index in [2.05, 4.69) is 27.4 Å². The third kappa shape index (κ3) is 5.21. The summed E-state index contributed by atoms with van der Waals surface area (Å²) in [5.41, 5.74) is 0.625. The SMILES string of the molecule is CCCNc1ncccc1C(=O)NCCN1CCSCC1. The lowest BCUT2D eigenvalue weighted by Gasteiger charge is -2.26. The van der Waals surface area contributed by atoms with Crippen LogP contribution in [0.3, 0.4) is 0 Å². The van der Waals surface area contributed by atoms with Gasteiger partial charge >= 0.3 is 0 Å². The number of anilines is 1. The molecule has 1 amide bonds. The summed E-state index contributed by atoms with van der Waals surface area (Å²) in [7, 11) is 0. The lowest BCUT2D eigenvalue weighted by Crippen LogP contribution is -2.39. The van der Waals surface area contributed by atoms with E-state index in [1.165, 1.54) is 11.5 Å². The maximum Gasteiger partial charge on any atom is 0.255 e. The van der Waals surface area contributed by atoms with Gasteiger partial charge in [0.05, 0.1) is 5.56 Å². The van der Waals surface area contributed by atoms with Crippen molar-refractivity contribution in [1.29, 1.82) is 0 Å². The molecular formula is C15H24N4OS. The minimum atomic E-state index is -0.0481. The molecule has 1 aliphatic rings. The summed E-state index contributed by atoms with van der Waals surface area (Å²) in [6, 6.07) is 3.62. The molecule has 2 rings (SSSR count). The van der Waals surface area contributed by atoms with Crippen molar-refractivity contribution >= 4 is 23.5 Å². The summed E-state index contributed by atoms with van der Waals surface area (Å²) in [4.78, 5) is 18.9. The number of carbonyl (C=O) groups is 1. The Kier molecular flexibility index (Phi) is 6.82. The van der Waals surface area contributed by atoms with Gasteiger partial charge in [0.1, 0.15) is 5.82 Å². The topological polar surface area (TPSA) is 57.3 Å². The molecule has 1 aliphatic heterocycles. The van der Waals surface area contributed by atoms with Crippen molar-refractivity contribution in [3.8, 4) is 0 Å². The number of hydrogen-bond donors (Lipinski definition) is 2. The Bertz CT molecular complexity index is 449. The van der Waals surface area contributed by atoms with E-state index in [4.69, 9.17) is 0 Å². The van der Waals surface area contributed by atoms with Gasteiger partial charge in [0.15, 0.2) is 0 Å².